The summed E-state index contributed by atoms with van der Waals surface area (Å²) in [6.45, 7) is -0.314. The number of methoxy groups -OCH3 is 1. The van der Waals surface area contributed by atoms with Crippen LogP contribution in [0.1, 0.15) is 10.4 Å². The lowest BCUT2D eigenvalue weighted by Crippen LogP contribution is -2.21. The molecule has 6 heteroatoms. The molecule has 0 aliphatic rings. The van der Waals surface area contributed by atoms with E-state index in [1.165, 1.54) is 37.4 Å². The number of rotatable bonds is 6. The van der Waals surface area contributed by atoms with Crippen LogP contribution in [0.4, 0.5) is 10.1 Å². The Morgan fingerprint density at radius 1 is 1.23 bits per heavy atom. The number of carbonyl (C=O) groups excluding carboxylic acids is 2. The SMILES string of the molecule is COc1cc(C=O)ccc1OCC(=O)Nc1ccccc1F. The lowest BCUT2D eigenvalue weighted by molar-refractivity contribution is -0.118. The summed E-state index contributed by atoms with van der Waals surface area (Å²) in [6, 6.07) is 10.4. The number of halogens is 1. The van der Waals surface area contributed by atoms with E-state index in [2.05, 4.69) is 5.32 Å². The van der Waals surface area contributed by atoms with Crippen molar-refractivity contribution in [1.82, 2.24) is 0 Å². The fraction of sp³-hybridized carbons (Fsp3) is 0.125. The monoisotopic (exact) mass is 303 g/mol. The lowest BCUT2D eigenvalue weighted by atomic mass is 10.2. The lowest BCUT2D eigenvalue weighted by Gasteiger charge is -2.11. The summed E-state index contributed by atoms with van der Waals surface area (Å²) < 4.78 is 23.8. The van der Waals surface area contributed by atoms with Crippen LogP contribution in [0, 0.1) is 5.82 Å². The van der Waals surface area contributed by atoms with Crippen molar-refractivity contribution >= 4 is 17.9 Å². The minimum absolute atomic E-state index is 0.0827. The Morgan fingerprint density at radius 2 is 2.00 bits per heavy atom. The van der Waals surface area contributed by atoms with E-state index >= 15 is 0 Å². The summed E-state index contributed by atoms with van der Waals surface area (Å²) in [5.41, 5.74) is 0.513. The molecule has 1 N–H and O–H groups in total. The number of nitrogens with one attached hydrogen (secondary N) is 1. The number of amides is 1. The summed E-state index contributed by atoms with van der Waals surface area (Å²) in [5, 5.41) is 2.40. The van der Waals surface area contributed by atoms with Gasteiger partial charge in [-0.2, -0.15) is 0 Å². The average Bonchev–Trinajstić information content (AvgIpc) is 2.55. The van der Waals surface area contributed by atoms with Gasteiger partial charge in [0.15, 0.2) is 18.1 Å². The highest BCUT2D eigenvalue weighted by atomic mass is 19.1. The van der Waals surface area contributed by atoms with Crippen molar-refractivity contribution in [1.29, 1.82) is 0 Å². The fourth-order valence-corrected chi connectivity index (χ4v) is 1.77. The third-order valence-electron chi connectivity index (χ3n) is 2.83. The second kappa shape index (κ2) is 7.21. The van der Waals surface area contributed by atoms with Gasteiger partial charge in [-0.3, -0.25) is 9.59 Å². The maximum absolute atomic E-state index is 13.4. The number of anilines is 1. The highest BCUT2D eigenvalue weighted by Gasteiger charge is 2.10. The fourth-order valence-electron chi connectivity index (χ4n) is 1.77. The first kappa shape index (κ1) is 15.5. The van der Waals surface area contributed by atoms with E-state index in [1.54, 1.807) is 12.1 Å². The molecule has 2 aromatic rings. The molecular formula is C16H14FNO4. The first-order valence-corrected chi connectivity index (χ1v) is 6.44. The largest absolute Gasteiger partial charge is 0.493 e. The molecule has 22 heavy (non-hydrogen) atoms. The first-order chi connectivity index (χ1) is 10.6. The molecule has 0 saturated heterocycles. The Balaban J connectivity index is 1.99. The van der Waals surface area contributed by atoms with Crippen LogP contribution in [-0.2, 0) is 4.79 Å². The van der Waals surface area contributed by atoms with E-state index in [-0.39, 0.29) is 12.3 Å². The minimum atomic E-state index is -0.524. The molecule has 2 rings (SSSR count). The van der Waals surface area contributed by atoms with Crippen molar-refractivity contribution in [3.8, 4) is 11.5 Å². The Kier molecular flexibility index (Phi) is 5.08. The van der Waals surface area contributed by atoms with Crippen molar-refractivity contribution in [3.63, 3.8) is 0 Å². The molecule has 0 radical (unpaired) electrons. The predicted molar refractivity (Wildman–Crippen MR) is 78.9 cm³/mol. The first-order valence-electron chi connectivity index (χ1n) is 6.44. The molecule has 5 nitrogen and oxygen atoms in total. The molecule has 114 valence electrons. The van der Waals surface area contributed by atoms with Gasteiger partial charge in [0.05, 0.1) is 12.8 Å². The van der Waals surface area contributed by atoms with Crippen LogP contribution in [0.15, 0.2) is 42.5 Å². The van der Waals surface area contributed by atoms with Crippen molar-refractivity contribution in [2.24, 2.45) is 0 Å². The van der Waals surface area contributed by atoms with Crippen LogP contribution >= 0.6 is 0 Å². The maximum Gasteiger partial charge on any atom is 0.262 e. The van der Waals surface area contributed by atoms with E-state index in [0.717, 1.165) is 0 Å². The standard InChI is InChI=1S/C16H14FNO4/c1-21-15-8-11(9-19)6-7-14(15)22-10-16(20)18-13-5-3-2-4-12(13)17/h2-9H,10H2,1H3,(H,18,20). The summed E-state index contributed by atoms with van der Waals surface area (Å²) in [4.78, 5) is 22.5. The van der Waals surface area contributed by atoms with Gasteiger partial charge >= 0.3 is 0 Å². The van der Waals surface area contributed by atoms with Crippen LogP contribution in [0.3, 0.4) is 0 Å². The topological polar surface area (TPSA) is 64.6 Å². The van der Waals surface area contributed by atoms with Gasteiger partial charge in [0.1, 0.15) is 12.1 Å². The molecule has 0 aromatic heterocycles. The molecule has 0 saturated carbocycles. The Labute approximate surface area is 126 Å². The van der Waals surface area contributed by atoms with Gasteiger partial charge in [0.25, 0.3) is 5.91 Å². The summed E-state index contributed by atoms with van der Waals surface area (Å²) in [6.07, 6.45) is 0.678. The molecular weight excluding hydrogens is 289 g/mol. The normalized spacial score (nSPS) is 9.91. The van der Waals surface area contributed by atoms with Crippen molar-refractivity contribution in [2.75, 3.05) is 19.0 Å². The molecule has 1 amide bonds. The number of para-hydroxylation sites is 1. The molecule has 0 spiro atoms. The van der Waals surface area contributed by atoms with Crippen molar-refractivity contribution < 1.29 is 23.5 Å². The van der Waals surface area contributed by atoms with Crippen LogP contribution < -0.4 is 14.8 Å². The zero-order chi connectivity index (χ0) is 15.9. The second-order valence-corrected chi connectivity index (χ2v) is 4.34. The van der Waals surface area contributed by atoms with E-state index in [0.29, 0.717) is 23.3 Å². The van der Waals surface area contributed by atoms with E-state index in [4.69, 9.17) is 9.47 Å². The Bertz CT molecular complexity index is 688. The molecule has 0 atom stereocenters. The number of benzene rings is 2. The van der Waals surface area contributed by atoms with Gasteiger partial charge in [-0.05, 0) is 30.3 Å². The molecule has 0 aliphatic heterocycles. The van der Waals surface area contributed by atoms with Gasteiger partial charge < -0.3 is 14.8 Å². The van der Waals surface area contributed by atoms with Gasteiger partial charge in [-0.1, -0.05) is 12.1 Å². The number of hydrogen-bond donors (Lipinski definition) is 1. The van der Waals surface area contributed by atoms with Crippen LogP contribution in [0.2, 0.25) is 0 Å². The highest BCUT2D eigenvalue weighted by molar-refractivity contribution is 5.92. The number of hydrogen-bond acceptors (Lipinski definition) is 4. The smallest absolute Gasteiger partial charge is 0.262 e. The van der Waals surface area contributed by atoms with Gasteiger partial charge in [-0.15, -0.1) is 0 Å². The molecule has 0 aliphatic carbocycles. The van der Waals surface area contributed by atoms with E-state index in [9.17, 15) is 14.0 Å². The molecule has 0 unspecified atom stereocenters. The zero-order valence-corrected chi connectivity index (χ0v) is 11.8. The van der Waals surface area contributed by atoms with Gasteiger partial charge in [-0.25, -0.2) is 4.39 Å². The summed E-state index contributed by atoms with van der Waals surface area (Å²) in [7, 11) is 1.43. The molecule has 2 aromatic carbocycles. The third-order valence-corrected chi connectivity index (χ3v) is 2.83. The second-order valence-electron chi connectivity index (χ2n) is 4.34. The van der Waals surface area contributed by atoms with E-state index in [1.807, 2.05) is 0 Å². The summed E-state index contributed by atoms with van der Waals surface area (Å²) >= 11 is 0. The minimum Gasteiger partial charge on any atom is -0.493 e. The van der Waals surface area contributed by atoms with Gasteiger partial charge in [0.2, 0.25) is 0 Å². The number of carbonyl (C=O) groups is 2. The van der Waals surface area contributed by atoms with Gasteiger partial charge in [0, 0.05) is 5.56 Å². The quantitative estimate of drug-likeness (QED) is 0.833. The van der Waals surface area contributed by atoms with Crippen LogP contribution in [-0.4, -0.2) is 25.9 Å². The van der Waals surface area contributed by atoms with Crippen molar-refractivity contribution in [2.45, 2.75) is 0 Å². The summed E-state index contributed by atoms with van der Waals surface area (Å²) in [5.74, 6) is -0.379. The Hall–Kier alpha value is -2.89. The average molecular weight is 303 g/mol. The third kappa shape index (κ3) is 3.82. The predicted octanol–water partition coefficient (Wildman–Crippen LogP) is 2.66. The van der Waals surface area contributed by atoms with E-state index < -0.39 is 11.7 Å². The number of aldehydes is 1. The maximum atomic E-state index is 13.4. The van der Waals surface area contributed by atoms with Crippen LogP contribution in [0.25, 0.3) is 0 Å². The molecule has 0 heterocycles. The highest BCUT2D eigenvalue weighted by Crippen LogP contribution is 2.27. The Morgan fingerprint density at radius 3 is 2.68 bits per heavy atom. The van der Waals surface area contributed by atoms with Crippen LogP contribution in [0.5, 0.6) is 11.5 Å². The molecule has 0 bridgehead atoms. The number of ether oxygens (including phenoxy) is 2. The van der Waals surface area contributed by atoms with Crippen molar-refractivity contribution in [3.05, 3.63) is 53.8 Å². The zero-order valence-electron chi connectivity index (χ0n) is 11.8. The molecule has 0 fully saturated rings.